The Morgan fingerprint density at radius 3 is 2.64 bits per heavy atom. The Labute approximate surface area is 167 Å². The average Bonchev–Trinajstić information content (AvgIpc) is 3.31. The first-order chi connectivity index (χ1) is 13.5. The predicted octanol–water partition coefficient (Wildman–Crippen LogP) is 4.22. The summed E-state index contributed by atoms with van der Waals surface area (Å²) in [5, 5.41) is 4.60. The van der Waals surface area contributed by atoms with Crippen LogP contribution in [-0.2, 0) is 4.79 Å². The fourth-order valence-electron chi connectivity index (χ4n) is 4.22. The number of ether oxygens (including phenoxy) is 2. The van der Waals surface area contributed by atoms with E-state index in [9.17, 15) is 4.79 Å². The largest absolute Gasteiger partial charge is 0.497 e. The van der Waals surface area contributed by atoms with Crippen molar-refractivity contribution >= 4 is 5.91 Å². The zero-order valence-corrected chi connectivity index (χ0v) is 17.6. The van der Waals surface area contributed by atoms with Gasteiger partial charge < -0.3 is 14.4 Å². The van der Waals surface area contributed by atoms with Gasteiger partial charge in [-0.15, -0.1) is 0 Å². The average molecular weight is 386 g/mol. The van der Waals surface area contributed by atoms with Crippen molar-refractivity contribution < 1.29 is 14.3 Å². The molecule has 2 atom stereocenters. The number of carbonyl (C=O) groups excluding carboxylic acids is 1. The summed E-state index contributed by atoms with van der Waals surface area (Å²) in [7, 11) is 3.30. The first-order valence-electron chi connectivity index (χ1n) is 10.0. The third kappa shape index (κ3) is 3.86. The van der Waals surface area contributed by atoms with E-state index in [1.54, 1.807) is 14.2 Å². The van der Waals surface area contributed by atoms with Crippen LogP contribution in [0.2, 0.25) is 0 Å². The molecule has 0 aliphatic carbocycles. The summed E-state index contributed by atoms with van der Waals surface area (Å²) < 4.78 is 12.8. The van der Waals surface area contributed by atoms with Gasteiger partial charge in [-0.05, 0) is 51.3 Å². The number of likely N-dealkylation sites (tertiary alicyclic amines) is 1. The molecule has 1 aromatic heterocycles. The Balaban J connectivity index is 1.92. The molecule has 28 heavy (non-hydrogen) atoms. The van der Waals surface area contributed by atoms with Crippen LogP contribution in [-0.4, -0.2) is 41.4 Å². The molecule has 1 aliphatic rings. The minimum absolute atomic E-state index is 0.0182. The van der Waals surface area contributed by atoms with Crippen molar-refractivity contribution in [1.29, 1.82) is 0 Å². The molecule has 0 unspecified atom stereocenters. The van der Waals surface area contributed by atoms with Gasteiger partial charge in [0.15, 0.2) is 0 Å². The molecule has 0 radical (unpaired) electrons. The zero-order valence-electron chi connectivity index (χ0n) is 17.6. The van der Waals surface area contributed by atoms with E-state index in [2.05, 4.69) is 12.0 Å². The molecule has 1 amide bonds. The fourth-order valence-corrected chi connectivity index (χ4v) is 4.22. The van der Waals surface area contributed by atoms with E-state index >= 15 is 0 Å². The van der Waals surface area contributed by atoms with Crippen molar-refractivity contribution in [2.75, 3.05) is 20.8 Å². The lowest BCUT2D eigenvalue weighted by molar-refractivity contribution is -0.136. The van der Waals surface area contributed by atoms with Gasteiger partial charge in [-0.3, -0.25) is 9.48 Å². The van der Waals surface area contributed by atoms with Crippen LogP contribution in [0.25, 0.3) is 0 Å². The molecule has 1 saturated heterocycles. The van der Waals surface area contributed by atoms with E-state index in [1.165, 1.54) is 0 Å². The van der Waals surface area contributed by atoms with Crippen LogP contribution in [0, 0.1) is 13.8 Å². The van der Waals surface area contributed by atoms with Crippen molar-refractivity contribution in [3.63, 3.8) is 0 Å². The molecule has 0 saturated carbocycles. The molecule has 2 aromatic rings. The van der Waals surface area contributed by atoms with E-state index in [1.807, 2.05) is 47.7 Å². The maximum atomic E-state index is 13.6. The maximum Gasteiger partial charge on any atom is 0.247 e. The summed E-state index contributed by atoms with van der Waals surface area (Å²) in [6.45, 7) is 6.86. The highest BCUT2D eigenvalue weighted by Crippen LogP contribution is 2.40. The van der Waals surface area contributed by atoms with Crippen molar-refractivity contribution in [3.05, 3.63) is 41.2 Å². The van der Waals surface area contributed by atoms with Gasteiger partial charge in [-0.25, -0.2) is 0 Å². The van der Waals surface area contributed by atoms with Gasteiger partial charge in [-0.1, -0.05) is 13.3 Å². The second-order valence-corrected chi connectivity index (χ2v) is 7.47. The zero-order chi connectivity index (χ0) is 20.3. The number of carbonyl (C=O) groups is 1. The third-order valence-electron chi connectivity index (χ3n) is 5.52. The van der Waals surface area contributed by atoms with Crippen LogP contribution >= 0.6 is 0 Å². The van der Waals surface area contributed by atoms with E-state index in [0.717, 1.165) is 60.7 Å². The number of aromatic nitrogens is 2. The Hall–Kier alpha value is -2.50. The first-order valence-corrected chi connectivity index (χ1v) is 10.0. The van der Waals surface area contributed by atoms with E-state index < -0.39 is 0 Å². The van der Waals surface area contributed by atoms with Crippen LogP contribution in [0.1, 0.15) is 61.6 Å². The van der Waals surface area contributed by atoms with Gasteiger partial charge in [0, 0.05) is 23.9 Å². The van der Waals surface area contributed by atoms with Crippen LogP contribution < -0.4 is 9.47 Å². The second-order valence-electron chi connectivity index (χ2n) is 7.47. The number of benzene rings is 1. The van der Waals surface area contributed by atoms with Crippen LogP contribution in [0.3, 0.4) is 0 Å². The monoisotopic (exact) mass is 385 g/mol. The third-order valence-corrected chi connectivity index (χ3v) is 5.52. The highest BCUT2D eigenvalue weighted by Gasteiger charge is 2.36. The highest BCUT2D eigenvalue weighted by atomic mass is 16.5. The molecular weight excluding hydrogens is 354 g/mol. The maximum absolute atomic E-state index is 13.6. The lowest BCUT2D eigenvalue weighted by atomic mass is 10.0. The quantitative estimate of drug-likeness (QED) is 0.716. The molecule has 0 bridgehead atoms. The summed E-state index contributed by atoms with van der Waals surface area (Å²) in [5.41, 5.74) is 3.01. The van der Waals surface area contributed by atoms with E-state index in [-0.39, 0.29) is 18.0 Å². The molecule has 0 spiro atoms. The molecule has 3 rings (SSSR count). The summed E-state index contributed by atoms with van der Waals surface area (Å²) >= 11 is 0. The summed E-state index contributed by atoms with van der Waals surface area (Å²) in [6.07, 6.45) is 3.63. The van der Waals surface area contributed by atoms with Crippen LogP contribution in [0.5, 0.6) is 11.5 Å². The van der Waals surface area contributed by atoms with Gasteiger partial charge in [0.05, 0.1) is 26.0 Å². The number of nitrogens with zero attached hydrogens (tertiary/aromatic N) is 3. The van der Waals surface area contributed by atoms with Crippen molar-refractivity contribution in [2.24, 2.45) is 0 Å². The normalized spacial score (nSPS) is 17.6. The lowest BCUT2D eigenvalue weighted by Gasteiger charge is -2.30. The Kier molecular flexibility index (Phi) is 6.27. The van der Waals surface area contributed by atoms with Crippen LogP contribution in [0.4, 0.5) is 0 Å². The molecule has 0 N–H and O–H groups in total. The number of amides is 1. The SMILES string of the molecule is CCC[C@@H](C(=O)N1CCC[C@H]1c1ccc(OC)cc1OC)n1nc(C)cc1C. The van der Waals surface area contributed by atoms with E-state index in [4.69, 9.17) is 9.47 Å². The summed E-state index contributed by atoms with van der Waals surface area (Å²) in [5.74, 6) is 1.67. The fraction of sp³-hybridized carbons (Fsp3) is 0.545. The van der Waals surface area contributed by atoms with Crippen molar-refractivity contribution in [3.8, 4) is 11.5 Å². The number of hydrogen-bond donors (Lipinski definition) is 0. The summed E-state index contributed by atoms with van der Waals surface area (Å²) in [6, 6.07) is 7.63. The molecule has 6 heteroatoms. The standard InChI is InChI=1S/C22H31N3O3/c1-6-8-20(25-16(3)13-15(2)23-25)22(26)24-12-7-9-19(24)18-11-10-17(27-4)14-21(18)28-5/h10-11,13-14,19-20H,6-9,12H2,1-5H3/t19-,20-/m0/s1. The molecule has 1 aliphatic heterocycles. The molecule has 1 fully saturated rings. The molecule has 1 aromatic carbocycles. The summed E-state index contributed by atoms with van der Waals surface area (Å²) in [4.78, 5) is 15.6. The Bertz CT molecular complexity index is 830. The minimum Gasteiger partial charge on any atom is -0.497 e. The van der Waals surface area contributed by atoms with Gasteiger partial charge in [-0.2, -0.15) is 5.10 Å². The lowest BCUT2D eigenvalue weighted by Crippen LogP contribution is -2.37. The molecule has 2 heterocycles. The molecule has 152 valence electrons. The minimum atomic E-state index is -0.261. The first kappa shape index (κ1) is 20.2. The number of rotatable bonds is 7. The number of methoxy groups -OCH3 is 2. The number of hydrogen-bond acceptors (Lipinski definition) is 4. The van der Waals surface area contributed by atoms with Crippen LogP contribution in [0.15, 0.2) is 24.3 Å². The smallest absolute Gasteiger partial charge is 0.247 e. The second kappa shape index (κ2) is 8.67. The molecular formula is C22H31N3O3. The topological polar surface area (TPSA) is 56.6 Å². The van der Waals surface area contributed by atoms with E-state index in [0.29, 0.717) is 0 Å². The van der Waals surface area contributed by atoms with Gasteiger partial charge in [0.2, 0.25) is 5.91 Å². The van der Waals surface area contributed by atoms with Gasteiger partial charge in [0.1, 0.15) is 17.5 Å². The Morgan fingerprint density at radius 2 is 2.04 bits per heavy atom. The van der Waals surface area contributed by atoms with Crippen molar-refractivity contribution in [1.82, 2.24) is 14.7 Å². The van der Waals surface area contributed by atoms with Crippen molar-refractivity contribution in [2.45, 2.75) is 58.5 Å². The molecule has 6 nitrogen and oxygen atoms in total. The highest BCUT2D eigenvalue weighted by molar-refractivity contribution is 5.81. The number of aryl methyl sites for hydroxylation is 2. The van der Waals surface area contributed by atoms with Gasteiger partial charge in [0.25, 0.3) is 0 Å². The van der Waals surface area contributed by atoms with Gasteiger partial charge >= 0.3 is 0 Å². The Morgan fingerprint density at radius 1 is 1.25 bits per heavy atom. The predicted molar refractivity (Wildman–Crippen MR) is 109 cm³/mol.